The van der Waals surface area contributed by atoms with Crippen LogP contribution in [0.3, 0.4) is 0 Å². The van der Waals surface area contributed by atoms with Crippen LogP contribution in [0.25, 0.3) is 102 Å². The van der Waals surface area contributed by atoms with Crippen LogP contribution in [0.2, 0.25) is 0 Å². The zero-order valence-electron chi connectivity index (χ0n) is 38.6. The number of aryl methyl sites for hydroxylation is 1. The van der Waals surface area contributed by atoms with E-state index in [9.17, 15) is 0 Å². The Labute approximate surface area is 398 Å². The Morgan fingerprint density at radius 3 is 1.60 bits per heavy atom. The molecule has 0 aliphatic heterocycles. The fourth-order valence-electron chi connectivity index (χ4n) is 9.32. The van der Waals surface area contributed by atoms with Gasteiger partial charge in [0, 0.05) is 33.2 Å². The zero-order chi connectivity index (χ0) is 46.2. The fourth-order valence-corrected chi connectivity index (χ4v) is 9.32. The van der Waals surface area contributed by atoms with Gasteiger partial charge in [0.2, 0.25) is 0 Å². The first-order chi connectivity index (χ1) is 33.2. The van der Waals surface area contributed by atoms with Crippen molar-refractivity contribution in [3.05, 3.63) is 239 Å². The number of rotatable bonds is 9. The molecule has 1 aliphatic carbocycles. The number of aromatic nitrogens is 4. The zero-order valence-corrected chi connectivity index (χ0v) is 38.6. The summed E-state index contributed by atoms with van der Waals surface area (Å²) in [6, 6.07) is 66.7. The molecule has 11 rings (SSSR count). The maximum absolute atomic E-state index is 5.23. The second-order valence-corrected chi connectivity index (χ2v) is 18.4. The predicted octanol–water partition coefficient (Wildman–Crippen LogP) is 14.5. The van der Waals surface area contributed by atoms with Crippen LogP contribution >= 0.6 is 0 Å². The minimum Gasteiger partial charge on any atom is -0.228 e. The first-order valence-corrected chi connectivity index (χ1v) is 23.4. The summed E-state index contributed by atoms with van der Waals surface area (Å²) in [4.78, 5) is 20.8. The van der Waals surface area contributed by atoms with E-state index in [4.69, 9.17) is 19.9 Å². The van der Waals surface area contributed by atoms with Crippen LogP contribution < -0.4 is 10.4 Å². The summed E-state index contributed by atoms with van der Waals surface area (Å²) < 4.78 is 0. The lowest BCUT2D eigenvalue weighted by atomic mass is 9.77. The Balaban J connectivity index is 0.921. The largest absolute Gasteiger partial charge is 0.228 e. The van der Waals surface area contributed by atoms with E-state index in [0.717, 1.165) is 79.4 Å². The van der Waals surface area contributed by atoms with E-state index in [2.05, 4.69) is 222 Å². The monoisotopic (exact) mass is 874 g/mol. The van der Waals surface area contributed by atoms with Crippen molar-refractivity contribution in [3.8, 4) is 56.5 Å². The highest BCUT2D eigenvalue weighted by molar-refractivity contribution is 5.89. The van der Waals surface area contributed by atoms with Gasteiger partial charge in [0.15, 0.2) is 11.6 Å². The summed E-state index contributed by atoms with van der Waals surface area (Å²) in [6.07, 6.45) is 10.9. The lowest BCUT2D eigenvalue weighted by Crippen LogP contribution is -2.21. The Hall–Kier alpha value is -8.34. The van der Waals surface area contributed by atoms with Gasteiger partial charge >= 0.3 is 0 Å². The van der Waals surface area contributed by atoms with Crippen molar-refractivity contribution < 1.29 is 0 Å². The van der Waals surface area contributed by atoms with E-state index in [-0.39, 0.29) is 5.41 Å². The summed E-state index contributed by atoms with van der Waals surface area (Å²) in [5.74, 6) is 1.38. The van der Waals surface area contributed by atoms with Crippen LogP contribution in [-0.4, -0.2) is 19.9 Å². The van der Waals surface area contributed by atoms with Crippen molar-refractivity contribution in [2.75, 3.05) is 0 Å². The highest BCUT2D eigenvalue weighted by Crippen LogP contribution is 2.36. The minimum atomic E-state index is -0.300. The molecule has 10 aromatic rings. The molecule has 0 bridgehead atoms. The molecule has 0 spiro atoms. The Morgan fingerprint density at radius 1 is 0.500 bits per heavy atom. The molecule has 2 heterocycles. The van der Waals surface area contributed by atoms with Gasteiger partial charge in [-0.25, -0.2) is 19.9 Å². The van der Waals surface area contributed by atoms with E-state index < -0.39 is 0 Å². The standard InChI is InChI=1S/C64H50N4/c1-42-13-5-6-14-44(42)22-21-43(2)58-40-59(53-26-23-45-15-7-10-18-50(45)37-53)66-62(65-58)48-29-33-56(34-30-48)64(3,4)57-35-31-49(32-36-57)63-67-60(54-27-24-46-16-8-11-19-51(46)38-54)41-61(68-63)55-28-25-47-17-9-12-20-52(47)39-55/h5-8,10-16,18-41H,1,9,17H2,2-4H3/b43-21+,44-22-. The third-order valence-corrected chi connectivity index (χ3v) is 13.6. The van der Waals surface area contributed by atoms with Crippen molar-refractivity contribution >= 4 is 45.8 Å². The second-order valence-electron chi connectivity index (χ2n) is 18.4. The lowest BCUT2D eigenvalue weighted by Gasteiger charge is -2.26. The first kappa shape index (κ1) is 42.3. The highest BCUT2D eigenvalue weighted by Gasteiger charge is 2.24. The Kier molecular flexibility index (Phi) is 11.1. The van der Waals surface area contributed by atoms with E-state index >= 15 is 0 Å². The van der Waals surface area contributed by atoms with Gasteiger partial charge in [-0.1, -0.05) is 202 Å². The molecule has 8 aromatic carbocycles. The minimum absolute atomic E-state index is 0.300. The molecule has 0 amide bonds. The normalized spacial score (nSPS) is 13.0. The van der Waals surface area contributed by atoms with E-state index in [1.807, 2.05) is 18.2 Å². The third kappa shape index (κ3) is 8.49. The van der Waals surface area contributed by atoms with Crippen molar-refractivity contribution in [1.29, 1.82) is 0 Å². The average Bonchev–Trinajstić information content (AvgIpc) is 3.40. The van der Waals surface area contributed by atoms with Gasteiger partial charge in [0.1, 0.15) is 0 Å². The third-order valence-electron chi connectivity index (χ3n) is 13.6. The summed E-state index contributed by atoms with van der Waals surface area (Å²) in [6.45, 7) is 10.9. The molecule has 4 heteroatoms. The van der Waals surface area contributed by atoms with Crippen molar-refractivity contribution in [3.63, 3.8) is 0 Å². The summed E-state index contributed by atoms with van der Waals surface area (Å²) in [7, 11) is 0. The lowest BCUT2D eigenvalue weighted by molar-refractivity contribution is 0.641. The topological polar surface area (TPSA) is 51.6 Å². The van der Waals surface area contributed by atoms with Crippen LogP contribution in [-0.2, 0) is 11.8 Å². The molecule has 0 atom stereocenters. The highest BCUT2D eigenvalue weighted by atomic mass is 14.9. The Morgan fingerprint density at radius 2 is 1.00 bits per heavy atom. The molecule has 1 aliphatic rings. The number of nitrogens with zero attached hydrogens (tertiary/aromatic N) is 4. The molecule has 0 saturated carbocycles. The van der Waals surface area contributed by atoms with E-state index in [0.29, 0.717) is 11.6 Å². The van der Waals surface area contributed by atoms with Crippen LogP contribution in [0.4, 0.5) is 0 Å². The summed E-state index contributed by atoms with van der Waals surface area (Å²) in [5.41, 5.74) is 14.5. The van der Waals surface area contributed by atoms with Crippen LogP contribution in [0, 0.1) is 0 Å². The van der Waals surface area contributed by atoms with Gasteiger partial charge in [0.05, 0.1) is 22.8 Å². The average molecular weight is 875 g/mol. The van der Waals surface area contributed by atoms with Crippen LogP contribution in [0.5, 0.6) is 0 Å². The predicted molar refractivity (Wildman–Crippen MR) is 285 cm³/mol. The SMILES string of the molecule is C=c1cccc/c1=C/C=C(\C)c1cc(-c2ccc3ccccc3c2)nc(-c2ccc(C(C)(C)c3ccc(-c4nc(-c5ccc6c(c5)C=CCC6)cc(-c5ccc6ccccc6c5)n4)cc3)cc2)n1. The van der Waals surface area contributed by atoms with Crippen molar-refractivity contribution in [2.45, 2.75) is 39.0 Å². The Bertz CT molecular complexity index is 3730. The molecular weight excluding hydrogens is 825 g/mol. The van der Waals surface area contributed by atoms with Crippen molar-refractivity contribution in [2.24, 2.45) is 0 Å². The molecule has 0 radical (unpaired) electrons. The molecule has 0 saturated heterocycles. The molecule has 4 nitrogen and oxygen atoms in total. The quantitative estimate of drug-likeness (QED) is 0.145. The molecule has 0 fully saturated rings. The van der Waals surface area contributed by atoms with Crippen LogP contribution in [0.15, 0.2) is 200 Å². The molecular formula is C64H50N4. The van der Waals surface area contributed by atoms with Gasteiger partial charge in [0.25, 0.3) is 0 Å². The van der Waals surface area contributed by atoms with Crippen molar-refractivity contribution in [1.82, 2.24) is 19.9 Å². The van der Waals surface area contributed by atoms with Gasteiger partial charge in [-0.15, -0.1) is 0 Å². The van der Waals surface area contributed by atoms with Gasteiger partial charge in [-0.3, -0.25) is 0 Å². The van der Waals surface area contributed by atoms with E-state index in [1.165, 1.54) is 43.8 Å². The first-order valence-electron chi connectivity index (χ1n) is 23.4. The number of fused-ring (bicyclic) bond motifs is 3. The van der Waals surface area contributed by atoms with Gasteiger partial charge in [-0.2, -0.15) is 0 Å². The molecule has 0 N–H and O–H groups in total. The maximum atomic E-state index is 5.23. The fraction of sp³-hybridized carbons (Fsp3) is 0.0938. The number of allylic oxidation sites excluding steroid dienone is 3. The van der Waals surface area contributed by atoms with Crippen LogP contribution in [0.1, 0.15) is 55.1 Å². The number of hydrogen-bond donors (Lipinski definition) is 0. The van der Waals surface area contributed by atoms with Gasteiger partial charge < -0.3 is 0 Å². The smallest absolute Gasteiger partial charge is 0.160 e. The van der Waals surface area contributed by atoms with Gasteiger partial charge in [-0.05, 0) is 110 Å². The molecule has 326 valence electrons. The summed E-state index contributed by atoms with van der Waals surface area (Å²) >= 11 is 0. The van der Waals surface area contributed by atoms with E-state index in [1.54, 1.807) is 0 Å². The number of hydrogen-bond acceptors (Lipinski definition) is 4. The molecule has 0 unspecified atom stereocenters. The number of benzene rings is 8. The summed E-state index contributed by atoms with van der Waals surface area (Å²) in [5, 5.41) is 6.83. The molecule has 2 aromatic heterocycles. The maximum Gasteiger partial charge on any atom is 0.160 e. The second kappa shape index (κ2) is 17.8. The molecule has 68 heavy (non-hydrogen) atoms.